The smallest absolute Gasteiger partial charge is 0.303 e. The van der Waals surface area contributed by atoms with E-state index in [1.54, 1.807) is 0 Å². The summed E-state index contributed by atoms with van der Waals surface area (Å²) in [6.07, 6.45) is 4.89. The highest BCUT2D eigenvalue weighted by Gasteiger charge is 2.08. The fourth-order valence-electron chi connectivity index (χ4n) is 1.97. The summed E-state index contributed by atoms with van der Waals surface area (Å²) in [6.45, 7) is 19.6. The molecule has 0 saturated heterocycles. The van der Waals surface area contributed by atoms with Crippen LogP contribution in [0.3, 0.4) is 0 Å². The van der Waals surface area contributed by atoms with Gasteiger partial charge in [0, 0.05) is 38.5 Å². The number of carboxylic acid groups (broad SMARTS) is 3. The first-order valence-electron chi connectivity index (χ1n) is 12.4. The lowest BCUT2D eigenvalue weighted by atomic mass is 10.2. The molecule has 0 fully saturated rings. The molecule has 0 spiro atoms. The van der Waals surface area contributed by atoms with Crippen LogP contribution in [0.1, 0.15) is 57.8 Å². The van der Waals surface area contributed by atoms with Gasteiger partial charge in [-0.1, -0.05) is 58.9 Å². The number of aliphatic carboxylic acids is 3. The Morgan fingerprint density at radius 3 is 0.806 bits per heavy atom. The first kappa shape index (κ1) is 38.3. The minimum absolute atomic E-state index is 0.236. The van der Waals surface area contributed by atoms with Gasteiger partial charge in [0.25, 0.3) is 0 Å². The van der Waals surface area contributed by atoms with Gasteiger partial charge in [0.05, 0.1) is 0 Å². The third-order valence-corrected chi connectivity index (χ3v) is 6.25. The van der Waals surface area contributed by atoms with Crippen molar-refractivity contribution in [2.24, 2.45) is 0 Å². The summed E-state index contributed by atoms with van der Waals surface area (Å²) in [7, 11) is -3.73. The van der Waals surface area contributed by atoms with Gasteiger partial charge in [-0.15, -0.1) is 34.4 Å². The van der Waals surface area contributed by atoms with Crippen molar-refractivity contribution in [1.82, 2.24) is 0 Å². The molecule has 6 nitrogen and oxygen atoms in total. The zero-order chi connectivity index (χ0) is 28.8. The Labute approximate surface area is 222 Å². The predicted octanol–water partition coefficient (Wildman–Crippen LogP) is 6.37. The average Bonchev–Trinajstić information content (AvgIpc) is 2.65. The molecular weight excluding hydrogens is 505 g/mol. The molecule has 0 aromatic heterocycles. The van der Waals surface area contributed by atoms with Crippen molar-refractivity contribution in [3.8, 4) is 34.4 Å². The lowest BCUT2D eigenvalue weighted by molar-refractivity contribution is -0.138. The Bertz CT molecular complexity index is 728. The molecule has 36 heavy (non-hydrogen) atoms. The van der Waals surface area contributed by atoms with E-state index in [0.717, 1.165) is 19.3 Å². The van der Waals surface area contributed by atoms with Gasteiger partial charge < -0.3 is 15.3 Å². The third kappa shape index (κ3) is 49.0. The molecule has 0 radical (unpaired) electrons. The molecule has 0 aromatic carbocycles. The lowest BCUT2D eigenvalue weighted by Gasteiger charge is -2.02. The van der Waals surface area contributed by atoms with Crippen LogP contribution in [0.2, 0.25) is 58.9 Å². The van der Waals surface area contributed by atoms with E-state index in [0.29, 0.717) is 19.3 Å². The monoisotopic (exact) mass is 552 g/mol. The van der Waals surface area contributed by atoms with Gasteiger partial charge in [0.15, 0.2) is 0 Å². The molecule has 0 aromatic rings. The van der Waals surface area contributed by atoms with Crippen LogP contribution in [0, 0.1) is 34.4 Å². The first-order chi connectivity index (χ1) is 16.2. The number of carbonyl (C=O) groups is 3. The molecule has 0 unspecified atom stereocenters. The third-order valence-electron chi connectivity index (χ3n) is 3.47. The van der Waals surface area contributed by atoms with E-state index in [1.165, 1.54) is 0 Å². The van der Waals surface area contributed by atoms with Crippen LogP contribution in [-0.2, 0) is 14.4 Å². The summed E-state index contributed by atoms with van der Waals surface area (Å²) in [5.74, 6) is 6.89. The second-order valence-corrected chi connectivity index (χ2v) is 25.6. The normalized spacial score (nSPS) is 10.2. The van der Waals surface area contributed by atoms with Crippen molar-refractivity contribution in [3.63, 3.8) is 0 Å². The molecule has 3 N–H and O–H groups in total. The van der Waals surface area contributed by atoms with Crippen LogP contribution >= 0.6 is 0 Å². The van der Waals surface area contributed by atoms with E-state index < -0.39 is 42.1 Å². The largest absolute Gasteiger partial charge is 0.481 e. The molecule has 0 amide bonds. The molecule has 0 rings (SSSR count). The van der Waals surface area contributed by atoms with Crippen molar-refractivity contribution in [2.45, 2.75) is 117 Å². The summed E-state index contributed by atoms with van der Waals surface area (Å²) in [6, 6.07) is 0. The summed E-state index contributed by atoms with van der Waals surface area (Å²) >= 11 is 0. The SMILES string of the molecule is C[Si](C)(C)C#CCCCC(=O)O.C[Si](C)(C)C#CCCCC(=O)O.C[Si](C)(C)C#CCCCC(=O)O. The zero-order valence-electron chi connectivity index (χ0n) is 23.9. The van der Waals surface area contributed by atoms with Gasteiger partial charge in [-0.25, -0.2) is 0 Å². The summed E-state index contributed by atoms with van der Waals surface area (Å²) in [4.78, 5) is 30.4. The number of hydrogen-bond acceptors (Lipinski definition) is 3. The fraction of sp³-hybridized carbons (Fsp3) is 0.667. The van der Waals surface area contributed by atoms with E-state index >= 15 is 0 Å². The Morgan fingerprint density at radius 1 is 0.472 bits per heavy atom. The number of unbranched alkanes of at least 4 members (excludes halogenated alkanes) is 3. The zero-order valence-corrected chi connectivity index (χ0v) is 26.9. The maximum Gasteiger partial charge on any atom is 0.303 e. The minimum atomic E-state index is -1.24. The minimum Gasteiger partial charge on any atom is -0.481 e. The van der Waals surface area contributed by atoms with Crippen LogP contribution in [0.15, 0.2) is 0 Å². The average molecular weight is 553 g/mol. The quantitative estimate of drug-likeness (QED) is 0.174. The van der Waals surface area contributed by atoms with Crippen LogP contribution < -0.4 is 0 Å². The van der Waals surface area contributed by atoms with Gasteiger partial charge in [-0.05, 0) is 19.3 Å². The van der Waals surface area contributed by atoms with Crippen molar-refractivity contribution >= 4 is 42.1 Å². The Hall–Kier alpha value is -2.26. The van der Waals surface area contributed by atoms with Crippen molar-refractivity contribution in [3.05, 3.63) is 0 Å². The van der Waals surface area contributed by atoms with Crippen LogP contribution in [0.5, 0.6) is 0 Å². The Kier molecular flexibility index (Phi) is 22.2. The highest BCUT2D eigenvalue weighted by atomic mass is 28.3. The molecule has 0 heterocycles. The molecule has 9 heteroatoms. The van der Waals surface area contributed by atoms with E-state index in [1.807, 2.05) is 0 Å². The van der Waals surface area contributed by atoms with Crippen molar-refractivity contribution < 1.29 is 29.7 Å². The molecule has 0 aliphatic carbocycles. The second-order valence-electron chi connectivity index (χ2n) is 11.4. The molecule has 0 saturated carbocycles. The van der Waals surface area contributed by atoms with Crippen LogP contribution in [-0.4, -0.2) is 57.4 Å². The number of carboxylic acids is 3. The Morgan fingerprint density at radius 2 is 0.667 bits per heavy atom. The van der Waals surface area contributed by atoms with E-state index in [2.05, 4.69) is 93.3 Å². The van der Waals surface area contributed by atoms with Gasteiger partial charge >= 0.3 is 17.9 Å². The summed E-state index contributed by atoms with van der Waals surface area (Å²) in [5, 5.41) is 25.0. The summed E-state index contributed by atoms with van der Waals surface area (Å²) in [5.41, 5.74) is 9.57. The Balaban J connectivity index is -0.000000454. The van der Waals surface area contributed by atoms with Gasteiger partial charge in [-0.2, -0.15) is 0 Å². The topological polar surface area (TPSA) is 112 Å². The standard InChI is InChI=1S/3C9H16O2Si/c3*1-12(2,3)8-6-4-5-7-9(10)11/h3*4-5,7H2,1-3H3,(H,10,11). The second kappa shape index (κ2) is 20.9. The van der Waals surface area contributed by atoms with Gasteiger partial charge in [-0.3, -0.25) is 14.4 Å². The maximum absolute atomic E-state index is 10.1. The van der Waals surface area contributed by atoms with E-state index in [-0.39, 0.29) is 19.3 Å². The molecule has 0 aliphatic rings. The van der Waals surface area contributed by atoms with Crippen LogP contribution in [0.25, 0.3) is 0 Å². The van der Waals surface area contributed by atoms with Gasteiger partial charge in [0.1, 0.15) is 24.2 Å². The predicted molar refractivity (Wildman–Crippen MR) is 158 cm³/mol. The number of rotatable bonds is 9. The molecular formula is C27H48O6Si3. The molecule has 0 bridgehead atoms. The molecule has 204 valence electrons. The summed E-state index contributed by atoms with van der Waals surface area (Å²) < 4.78 is 0. The number of hydrogen-bond donors (Lipinski definition) is 3. The molecule has 0 atom stereocenters. The van der Waals surface area contributed by atoms with E-state index in [9.17, 15) is 14.4 Å². The lowest BCUT2D eigenvalue weighted by Crippen LogP contribution is -2.16. The van der Waals surface area contributed by atoms with Crippen LogP contribution in [0.4, 0.5) is 0 Å². The first-order valence-corrected chi connectivity index (χ1v) is 22.9. The van der Waals surface area contributed by atoms with Crippen molar-refractivity contribution in [2.75, 3.05) is 0 Å². The van der Waals surface area contributed by atoms with E-state index in [4.69, 9.17) is 15.3 Å². The molecule has 0 aliphatic heterocycles. The van der Waals surface area contributed by atoms with Gasteiger partial charge in [0.2, 0.25) is 0 Å². The maximum atomic E-state index is 10.1. The fourth-order valence-corrected chi connectivity index (χ4v) is 3.93. The highest BCUT2D eigenvalue weighted by Crippen LogP contribution is 2.00. The highest BCUT2D eigenvalue weighted by molar-refractivity contribution is 6.84. The van der Waals surface area contributed by atoms with Crippen molar-refractivity contribution in [1.29, 1.82) is 0 Å².